The highest BCUT2D eigenvalue weighted by Crippen LogP contribution is 2.46. The van der Waals surface area contributed by atoms with E-state index in [1.807, 2.05) is 11.0 Å². The first kappa shape index (κ1) is 22.5. The molecule has 3 aromatic rings. The number of halogens is 1. The molecule has 8 heteroatoms. The molecule has 1 aliphatic carbocycles. The van der Waals surface area contributed by atoms with Gasteiger partial charge in [0, 0.05) is 55.1 Å². The van der Waals surface area contributed by atoms with Crippen LogP contribution in [0.1, 0.15) is 50.4 Å². The van der Waals surface area contributed by atoms with Gasteiger partial charge >= 0.3 is 0 Å². The Hall–Kier alpha value is -3.29. The van der Waals surface area contributed by atoms with Gasteiger partial charge in [-0.05, 0) is 48.6 Å². The summed E-state index contributed by atoms with van der Waals surface area (Å²) in [5, 5.41) is 4.69. The fourth-order valence-electron chi connectivity index (χ4n) is 4.67. The summed E-state index contributed by atoms with van der Waals surface area (Å²) < 4.78 is 15.1. The second-order valence-electron chi connectivity index (χ2n) is 9.76. The van der Waals surface area contributed by atoms with Crippen LogP contribution in [0, 0.1) is 11.7 Å². The lowest BCUT2D eigenvalue weighted by Crippen LogP contribution is -2.50. The number of carbonyl (C=O) groups excluding carboxylic acids is 1. The highest BCUT2D eigenvalue weighted by Gasteiger charge is 2.35. The number of carbonyl (C=O) groups is 1. The van der Waals surface area contributed by atoms with Crippen LogP contribution in [0.3, 0.4) is 0 Å². The van der Waals surface area contributed by atoms with Crippen LogP contribution in [0.2, 0.25) is 0 Å². The highest BCUT2D eigenvalue weighted by molar-refractivity contribution is 5.76. The summed E-state index contributed by atoms with van der Waals surface area (Å²) in [6.45, 7) is 9.43. The van der Waals surface area contributed by atoms with Crippen molar-refractivity contribution in [1.29, 1.82) is 0 Å². The van der Waals surface area contributed by atoms with E-state index in [1.54, 1.807) is 23.1 Å². The van der Waals surface area contributed by atoms with E-state index in [2.05, 4.69) is 46.8 Å². The molecule has 1 amide bonds. The number of hydrogen-bond donors (Lipinski definition) is 0. The van der Waals surface area contributed by atoms with Crippen LogP contribution < -0.4 is 4.90 Å². The Morgan fingerprint density at radius 1 is 1.09 bits per heavy atom. The lowest BCUT2D eigenvalue weighted by Gasteiger charge is -2.35. The topological polar surface area (TPSA) is 67.2 Å². The molecule has 5 rings (SSSR count). The maximum atomic E-state index is 13.3. The van der Waals surface area contributed by atoms with Crippen LogP contribution in [0.5, 0.6) is 0 Å². The predicted molar refractivity (Wildman–Crippen MR) is 129 cm³/mol. The average molecular weight is 463 g/mol. The molecular weight excluding hydrogens is 431 g/mol. The molecule has 1 aromatic carbocycles. The van der Waals surface area contributed by atoms with Crippen molar-refractivity contribution in [2.24, 2.45) is 5.92 Å². The quantitative estimate of drug-likeness (QED) is 0.552. The van der Waals surface area contributed by atoms with E-state index in [0.29, 0.717) is 24.9 Å². The van der Waals surface area contributed by atoms with E-state index in [9.17, 15) is 9.18 Å². The van der Waals surface area contributed by atoms with Crippen LogP contribution >= 0.6 is 0 Å². The number of nitrogens with zero attached hydrogens (tertiary/aromatic N) is 6. The zero-order valence-electron chi connectivity index (χ0n) is 20.0. The second kappa shape index (κ2) is 9.16. The maximum absolute atomic E-state index is 13.3. The predicted octanol–water partition coefficient (Wildman–Crippen LogP) is 4.07. The van der Waals surface area contributed by atoms with E-state index >= 15 is 0 Å². The molecule has 2 fully saturated rings. The van der Waals surface area contributed by atoms with Gasteiger partial charge in [-0.2, -0.15) is 5.10 Å². The Kier molecular flexibility index (Phi) is 6.06. The first-order chi connectivity index (χ1) is 16.4. The third-order valence-corrected chi connectivity index (χ3v) is 6.95. The van der Waals surface area contributed by atoms with Crippen LogP contribution in [-0.4, -0.2) is 56.7 Å². The molecule has 2 aliphatic rings. The van der Waals surface area contributed by atoms with Gasteiger partial charge in [-0.3, -0.25) is 9.48 Å². The van der Waals surface area contributed by atoms with Gasteiger partial charge in [0.1, 0.15) is 24.5 Å². The smallest absolute Gasteiger partial charge is 0.244 e. The summed E-state index contributed by atoms with van der Waals surface area (Å²) in [6, 6.07) is 10.4. The lowest BCUT2D eigenvalue weighted by atomic mass is 10.1. The normalized spacial score (nSPS) is 20.1. The molecular formula is C26H31FN6O. The molecule has 1 saturated carbocycles. The number of aromatic nitrogens is 4. The molecule has 178 valence electrons. The number of hydrogen-bond acceptors (Lipinski definition) is 5. The summed E-state index contributed by atoms with van der Waals surface area (Å²) >= 11 is 0. The van der Waals surface area contributed by atoms with Gasteiger partial charge in [-0.1, -0.05) is 20.8 Å². The molecule has 7 nitrogen and oxygen atoms in total. The monoisotopic (exact) mass is 462 g/mol. The Labute approximate surface area is 199 Å². The third-order valence-electron chi connectivity index (χ3n) is 6.95. The molecule has 34 heavy (non-hydrogen) atoms. The zero-order chi connectivity index (χ0) is 23.8. The minimum Gasteiger partial charge on any atom is -0.353 e. The molecule has 1 aliphatic heterocycles. The fraction of sp³-hybridized carbons (Fsp3) is 0.462. The molecule has 0 spiro atoms. The molecule has 2 atom stereocenters. The highest BCUT2D eigenvalue weighted by atomic mass is 19.1. The van der Waals surface area contributed by atoms with Gasteiger partial charge in [0.2, 0.25) is 5.91 Å². The lowest BCUT2D eigenvalue weighted by molar-refractivity contribution is -0.132. The summed E-state index contributed by atoms with van der Waals surface area (Å²) in [5.41, 5.74) is 3.72. The van der Waals surface area contributed by atoms with Crippen LogP contribution in [0.25, 0.3) is 11.3 Å². The first-order valence-electron chi connectivity index (χ1n) is 12.1. The van der Waals surface area contributed by atoms with Crippen molar-refractivity contribution in [3.05, 3.63) is 59.9 Å². The van der Waals surface area contributed by atoms with Gasteiger partial charge in [-0.25, -0.2) is 14.4 Å². The minimum absolute atomic E-state index is 0.0606. The summed E-state index contributed by atoms with van der Waals surface area (Å²) in [4.78, 5) is 26.2. The molecule has 2 unspecified atom stereocenters. The van der Waals surface area contributed by atoms with Gasteiger partial charge in [0.15, 0.2) is 0 Å². The SMILES string of the molecule is CC(C)c1cc(-c2ccc(F)cc2)nn1CC(=O)N1CCN(c2cc(C3CC3C)ncn2)CC1. The molecule has 3 heterocycles. The maximum Gasteiger partial charge on any atom is 0.244 e. The number of rotatable bonds is 6. The summed E-state index contributed by atoms with van der Waals surface area (Å²) in [7, 11) is 0. The van der Waals surface area contributed by atoms with Crippen LogP contribution in [0.4, 0.5) is 10.2 Å². The first-order valence-corrected chi connectivity index (χ1v) is 12.1. The Bertz CT molecular complexity index is 1170. The Balaban J connectivity index is 1.24. The molecule has 0 N–H and O–H groups in total. The van der Waals surface area contributed by atoms with Crippen molar-refractivity contribution in [1.82, 2.24) is 24.6 Å². The van der Waals surface area contributed by atoms with Crippen molar-refractivity contribution in [2.45, 2.75) is 45.6 Å². The van der Waals surface area contributed by atoms with Crippen molar-refractivity contribution in [3.63, 3.8) is 0 Å². The van der Waals surface area contributed by atoms with E-state index in [-0.39, 0.29) is 24.2 Å². The van der Waals surface area contributed by atoms with E-state index < -0.39 is 0 Å². The van der Waals surface area contributed by atoms with E-state index in [1.165, 1.54) is 18.6 Å². The molecule has 2 aromatic heterocycles. The molecule has 0 bridgehead atoms. The number of piperazine rings is 1. The van der Waals surface area contributed by atoms with Crippen molar-refractivity contribution < 1.29 is 9.18 Å². The second-order valence-corrected chi connectivity index (χ2v) is 9.76. The van der Waals surface area contributed by atoms with Crippen molar-refractivity contribution in [2.75, 3.05) is 31.1 Å². The fourth-order valence-corrected chi connectivity index (χ4v) is 4.67. The number of benzene rings is 1. The molecule has 0 radical (unpaired) electrons. The summed E-state index contributed by atoms with van der Waals surface area (Å²) in [6.07, 6.45) is 2.87. The van der Waals surface area contributed by atoms with Crippen molar-refractivity contribution in [3.8, 4) is 11.3 Å². The number of anilines is 1. The standard InChI is InChI=1S/C26H31FN6O/c1-17(2)24-13-22(19-4-6-20(27)7-5-19)30-33(24)15-26(34)32-10-8-31(9-11-32)25-14-23(28-16-29-25)21-12-18(21)3/h4-7,13-14,16-18,21H,8-12,15H2,1-3H3. The van der Waals surface area contributed by atoms with Gasteiger partial charge < -0.3 is 9.80 Å². The zero-order valence-corrected chi connectivity index (χ0v) is 20.0. The summed E-state index contributed by atoms with van der Waals surface area (Å²) in [5.74, 6) is 2.22. The van der Waals surface area contributed by atoms with Gasteiger partial charge in [0.05, 0.1) is 5.69 Å². The minimum atomic E-state index is -0.276. The number of amides is 1. The average Bonchev–Trinajstić information content (AvgIpc) is 3.43. The van der Waals surface area contributed by atoms with E-state index in [4.69, 9.17) is 0 Å². The third kappa shape index (κ3) is 4.67. The van der Waals surface area contributed by atoms with Crippen LogP contribution in [-0.2, 0) is 11.3 Å². The molecule has 1 saturated heterocycles. The van der Waals surface area contributed by atoms with Gasteiger partial charge in [0.25, 0.3) is 0 Å². The van der Waals surface area contributed by atoms with Crippen LogP contribution in [0.15, 0.2) is 42.7 Å². The Morgan fingerprint density at radius 2 is 1.79 bits per heavy atom. The largest absolute Gasteiger partial charge is 0.353 e. The van der Waals surface area contributed by atoms with E-state index in [0.717, 1.165) is 41.6 Å². The van der Waals surface area contributed by atoms with Crippen molar-refractivity contribution >= 4 is 11.7 Å². The van der Waals surface area contributed by atoms with Gasteiger partial charge in [-0.15, -0.1) is 0 Å². The Morgan fingerprint density at radius 3 is 2.44 bits per heavy atom.